The van der Waals surface area contributed by atoms with Gasteiger partial charge in [0.25, 0.3) is 5.91 Å². The van der Waals surface area contributed by atoms with Crippen LogP contribution in [0.25, 0.3) is 0 Å². The van der Waals surface area contributed by atoms with E-state index in [0.29, 0.717) is 23.6 Å². The number of aromatic nitrogens is 1. The minimum absolute atomic E-state index is 0.0681. The van der Waals surface area contributed by atoms with Gasteiger partial charge in [0.05, 0.1) is 4.99 Å². The Balaban J connectivity index is 2.70. The molecule has 0 aliphatic carbocycles. The van der Waals surface area contributed by atoms with E-state index in [1.807, 2.05) is 13.8 Å². The van der Waals surface area contributed by atoms with E-state index in [9.17, 15) is 4.79 Å². The van der Waals surface area contributed by atoms with Crippen LogP contribution in [-0.4, -0.2) is 33.5 Å². The number of nitrogens with zero attached hydrogens (tertiary/aromatic N) is 2. The first-order valence-electron chi connectivity index (χ1n) is 5.02. The van der Waals surface area contributed by atoms with Crippen molar-refractivity contribution in [1.29, 1.82) is 0 Å². The van der Waals surface area contributed by atoms with Gasteiger partial charge in [-0.15, -0.1) is 0 Å². The molecule has 0 saturated heterocycles. The summed E-state index contributed by atoms with van der Waals surface area (Å²) in [5.74, 6) is -0.167. The summed E-state index contributed by atoms with van der Waals surface area (Å²) in [4.78, 5) is 14.0. The molecule has 0 radical (unpaired) electrons. The predicted octanol–water partition coefficient (Wildman–Crippen LogP) is 1.20. The van der Waals surface area contributed by atoms with E-state index in [0.717, 1.165) is 0 Å². The van der Waals surface area contributed by atoms with Crippen LogP contribution in [0.3, 0.4) is 0 Å². The fourth-order valence-corrected chi connectivity index (χ4v) is 1.39. The molecule has 0 saturated carbocycles. The van der Waals surface area contributed by atoms with E-state index in [1.54, 1.807) is 11.0 Å². The summed E-state index contributed by atoms with van der Waals surface area (Å²) >= 11 is 4.79. The van der Waals surface area contributed by atoms with Gasteiger partial charge in [-0.3, -0.25) is 4.79 Å². The van der Waals surface area contributed by atoms with Gasteiger partial charge in [0.15, 0.2) is 5.69 Å². The molecular weight excluding hydrogens is 226 g/mol. The third-order valence-electron chi connectivity index (χ3n) is 2.14. The van der Waals surface area contributed by atoms with Crippen molar-refractivity contribution in [2.75, 3.05) is 6.54 Å². The number of carbonyl (C=O) groups is 1. The fourth-order valence-electron chi connectivity index (χ4n) is 1.29. The largest absolute Gasteiger partial charge is 0.393 e. The van der Waals surface area contributed by atoms with E-state index in [2.05, 4.69) is 9.68 Å². The Hall–Kier alpha value is -1.43. The van der Waals surface area contributed by atoms with Gasteiger partial charge in [0.1, 0.15) is 6.26 Å². The van der Waals surface area contributed by atoms with E-state index < -0.39 is 0 Å². The molecular formula is C10H15N3O2S. The first-order chi connectivity index (χ1) is 7.52. The Bertz CT molecular complexity index is 362. The summed E-state index contributed by atoms with van der Waals surface area (Å²) in [6.07, 6.45) is 1.89. The van der Waals surface area contributed by atoms with Crippen molar-refractivity contribution < 1.29 is 9.32 Å². The number of thiocarbonyl (C=S) groups is 1. The maximum Gasteiger partial charge on any atom is 0.276 e. The molecule has 0 aliphatic rings. The lowest BCUT2D eigenvalue weighted by atomic mass is 10.2. The summed E-state index contributed by atoms with van der Waals surface area (Å²) < 4.78 is 4.64. The summed E-state index contributed by atoms with van der Waals surface area (Å²) in [6, 6.07) is 1.61. The lowest BCUT2D eigenvalue weighted by molar-refractivity contribution is 0.0701. The van der Waals surface area contributed by atoms with Crippen molar-refractivity contribution >= 4 is 23.1 Å². The maximum absolute atomic E-state index is 12.0. The van der Waals surface area contributed by atoms with Crippen LogP contribution in [0.5, 0.6) is 0 Å². The number of nitrogens with two attached hydrogens (primary N) is 1. The Labute approximate surface area is 99.6 Å². The number of amides is 1. The summed E-state index contributed by atoms with van der Waals surface area (Å²) in [6.45, 7) is 4.35. The molecule has 0 bridgehead atoms. The van der Waals surface area contributed by atoms with Crippen LogP contribution in [0.1, 0.15) is 30.8 Å². The smallest absolute Gasteiger partial charge is 0.276 e. The molecule has 0 atom stereocenters. The molecule has 1 amide bonds. The molecule has 1 rings (SSSR count). The van der Waals surface area contributed by atoms with Crippen LogP contribution in [-0.2, 0) is 0 Å². The molecule has 0 spiro atoms. The summed E-state index contributed by atoms with van der Waals surface area (Å²) in [5, 5.41) is 3.62. The standard InChI is InChI=1S/C10H15N3O2S/c1-7(2)13(5-3-9(11)16)10(14)8-4-6-15-12-8/h4,6-7H,3,5H2,1-2H3,(H2,11,16). The van der Waals surface area contributed by atoms with Gasteiger partial charge >= 0.3 is 0 Å². The summed E-state index contributed by atoms with van der Waals surface area (Å²) in [7, 11) is 0. The molecule has 1 aromatic heterocycles. The maximum atomic E-state index is 12.0. The minimum atomic E-state index is -0.167. The van der Waals surface area contributed by atoms with Gasteiger partial charge < -0.3 is 15.2 Å². The zero-order chi connectivity index (χ0) is 12.1. The molecule has 1 aromatic rings. The number of carbonyl (C=O) groups excluding carboxylic acids is 1. The second-order valence-corrected chi connectivity index (χ2v) is 4.22. The van der Waals surface area contributed by atoms with Crippen LogP contribution in [0.4, 0.5) is 0 Å². The van der Waals surface area contributed by atoms with Crippen molar-refractivity contribution in [2.45, 2.75) is 26.3 Å². The molecule has 0 fully saturated rings. The monoisotopic (exact) mass is 241 g/mol. The van der Waals surface area contributed by atoms with Crippen molar-refractivity contribution in [3.63, 3.8) is 0 Å². The molecule has 6 heteroatoms. The van der Waals surface area contributed by atoms with Crippen molar-refractivity contribution in [3.05, 3.63) is 18.0 Å². The van der Waals surface area contributed by atoms with Crippen molar-refractivity contribution in [1.82, 2.24) is 10.1 Å². The highest BCUT2D eigenvalue weighted by Gasteiger charge is 2.20. The molecule has 0 aromatic carbocycles. The second-order valence-electron chi connectivity index (χ2n) is 3.69. The Morgan fingerprint density at radius 1 is 1.69 bits per heavy atom. The van der Waals surface area contributed by atoms with Gasteiger partial charge in [-0.2, -0.15) is 0 Å². The molecule has 2 N–H and O–H groups in total. The van der Waals surface area contributed by atoms with Crippen molar-refractivity contribution in [2.24, 2.45) is 5.73 Å². The average Bonchev–Trinajstić information content (AvgIpc) is 2.69. The topological polar surface area (TPSA) is 72.4 Å². The van der Waals surface area contributed by atoms with Gasteiger partial charge in [-0.25, -0.2) is 0 Å². The second kappa shape index (κ2) is 5.60. The van der Waals surface area contributed by atoms with E-state index in [-0.39, 0.29) is 11.9 Å². The average molecular weight is 241 g/mol. The zero-order valence-corrected chi connectivity index (χ0v) is 10.2. The molecule has 16 heavy (non-hydrogen) atoms. The predicted molar refractivity (Wildman–Crippen MR) is 64.1 cm³/mol. The molecule has 0 aliphatic heterocycles. The van der Waals surface area contributed by atoms with Gasteiger partial charge in [0.2, 0.25) is 0 Å². The number of rotatable bonds is 5. The van der Waals surface area contributed by atoms with Crippen molar-refractivity contribution in [3.8, 4) is 0 Å². The molecule has 5 nitrogen and oxygen atoms in total. The highest BCUT2D eigenvalue weighted by Crippen LogP contribution is 2.07. The first-order valence-corrected chi connectivity index (χ1v) is 5.43. The van der Waals surface area contributed by atoms with Gasteiger partial charge in [-0.05, 0) is 13.8 Å². The normalized spacial score (nSPS) is 10.4. The zero-order valence-electron chi connectivity index (χ0n) is 9.34. The lowest BCUT2D eigenvalue weighted by Gasteiger charge is -2.25. The number of hydrogen-bond donors (Lipinski definition) is 1. The van der Waals surface area contributed by atoms with Crippen LogP contribution in [0.15, 0.2) is 16.9 Å². The number of hydrogen-bond acceptors (Lipinski definition) is 4. The lowest BCUT2D eigenvalue weighted by Crippen LogP contribution is -2.39. The van der Waals surface area contributed by atoms with Crippen LogP contribution < -0.4 is 5.73 Å². The Morgan fingerprint density at radius 3 is 2.81 bits per heavy atom. The molecule has 1 heterocycles. The summed E-state index contributed by atoms with van der Waals surface area (Å²) in [5.41, 5.74) is 5.72. The fraction of sp³-hybridized carbons (Fsp3) is 0.500. The van der Waals surface area contributed by atoms with E-state index in [1.165, 1.54) is 6.26 Å². The van der Waals surface area contributed by atoms with Gasteiger partial charge in [0, 0.05) is 25.1 Å². The van der Waals surface area contributed by atoms with E-state index in [4.69, 9.17) is 18.0 Å². The third kappa shape index (κ3) is 3.30. The Kier molecular flexibility index (Phi) is 4.42. The van der Waals surface area contributed by atoms with Gasteiger partial charge in [-0.1, -0.05) is 17.4 Å². The van der Waals surface area contributed by atoms with Crippen LogP contribution in [0, 0.1) is 0 Å². The highest BCUT2D eigenvalue weighted by molar-refractivity contribution is 7.80. The van der Waals surface area contributed by atoms with Crippen LogP contribution in [0.2, 0.25) is 0 Å². The molecule has 88 valence electrons. The first kappa shape index (κ1) is 12.6. The SMILES string of the molecule is CC(C)N(CCC(N)=S)C(=O)c1ccon1. The Morgan fingerprint density at radius 2 is 2.38 bits per heavy atom. The molecule has 0 unspecified atom stereocenters. The third-order valence-corrected chi connectivity index (χ3v) is 2.34. The quantitative estimate of drug-likeness (QED) is 0.784. The van der Waals surface area contributed by atoms with Crippen LogP contribution >= 0.6 is 12.2 Å². The highest BCUT2D eigenvalue weighted by atomic mass is 32.1. The van der Waals surface area contributed by atoms with E-state index >= 15 is 0 Å². The minimum Gasteiger partial charge on any atom is -0.393 e.